The topological polar surface area (TPSA) is 114 Å². The highest BCUT2D eigenvalue weighted by atomic mass is 16.5. The third-order valence-electron chi connectivity index (χ3n) is 5.70. The van der Waals surface area contributed by atoms with Crippen LogP contribution in [-0.4, -0.2) is 77.6 Å². The number of ether oxygens (including phenoxy) is 2. The molecule has 3 amide bonds. The summed E-state index contributed by atoms with van der Waals surface area (Å²) in [7, 11) is 2.85. The molecule has 34 heavy (non-hydrogen) atoms. The van der Waals surface area contributed by atoms with Crippen LogP contribution in [0.3, 0.4) is 0 Å². The second-order valence-corrected chi connectivity index (χ2v) is 8.48. The Kier molecular flexibility index (Phi) is 7.70. The number of methoxy groups -OCH3 is 2. The summed E-state index contributed by atoms with van der Waals surface area (Å²) in [6.45, 7) is 8.29. The molecular formula is C24H31N5O5. The summed E-state index contributed by atoms with van der Waals surface area (Å²) in [6.07, 6.45) is 0. The molecule has 0 bridgehead atoms. The molecule has 10 heteroatoms. The maximum absolute atomic E-state index is 13.4. The maximum atomic E-state index is 13.4. The molecule has 0 spiro atoms. The largest absolute Gasteiger partial charge is 0.497 e. The minimum absolute atomic E-state index is 0.0337. The van der Waals surface area contributed by atoms with Gasteiger partial charge in [0.2, 0.25) is 0 Å². The van der Waals surface area contributed by atoms with E-state index >= 15 is 0 Å². The van der Waals surface area contributed by atoms with Crippen molar-refractivity contribution in [2.75, 3.05) is 39.2 Å². The molecule has 1 aliphatic rings. The van der Waals surface area contributed by atoms with Gasteiger partial charge in [-0.15, -0.1) is 0 Å². The van der Waals surface area contributed by atoms with E-state index in [9.17, 15) is 14.4 Å². The normalized spacial score (nSPS) is 15.8. The predicted molar refractivity (Wildman–Crippen MR) is 126 cm³/mol. The first-order valence-corrected chi connectivity index (χ1v) is 11.1. The highest BCUT2D eigenvalue weighted by Crippen LogP contribution is 2.24. The number of anilines is 1. The number of nitrogens with zero attached hydrogens (tertiary/aromatic N) is 4. The number of aromatic nitrogens is 2. The van der Waals surface area contributed by atoms with Crippen LogP contribution in [0.15, 0.2) is 24.3 Å². The van der Waals surface area contributed by atoms with Gasteiger partial charge in [0.1, 0.15) is 22.8 Å². The van der Waals surface area contributed by atoms with Gasteiger partial charge in [-0.1, -0.05) is 13.8 Å². The number of rotatable bonds is 5. The fourth-order valence-electron chi connectivity index (χ4n) is 3.93. The van der Waals surface area contributed by atoms with Gasteiger partial charge in [-0.3, -0.25) is 4.79 Å². The number of hydrogen-bond acceptors (Lipinski definition) is 7. The SMILES string of the molecule is COC(=O)c1c(C(=O)N2CCN(C(=O)Nc3ccc(OC)cc3)C(C)C2)nc(C)nc1C(C)C. The molecule has 2 aromatic rings. The van der Waals surface area contributed by atoms with E-state index in [0.717, 1.165) is 0 Å². The zero-order valence-corrected chi connectivity index (χ0v) is 20.4. The lowest BCUT2D eigenvalue weighted by molar-refractivity contribution is 0.0550. The summed E-state index contributed by atoms with van der Waals surface area (Å²) in [6, 6.07) is 6.57. The molecule has 1 N–H and O–H groups in total. The highest BCUT2D eigenvalue weighted by Gasteiger charge is 2.34. The van der Waals surface area contributed by atoms with Crippen LogP contribution in [0.5, 0.6) is 5.75 Å². The van der Waals surface area contributed by atoms with Crippen molar-refractivity contribution in [1.29, 1.82) is 0 Å². The van der Waals surface area contributed by atoms with E-state index in [1.165, 1.54) is 7.11 Å². The van der Waals surface area contributed by atoms with Crippen molar-refractivity contribution < 1.29 is 23.9 Å². The molecule has 0 aliphatic carbocycles. The van der Waals surface area contributed by atoms with Crippen LogP contribution in [0.1, 0.15) is 59.1 Å². The van der Waals surface area contributed by atoms with E-state index < -0.39 is 5.97 Å². The van der Waals surface area contributed by atoms with Gasteiger partial charge in [0.05, 0.1) is 19.9 Å². The number of carbonyl (C=O) groups excluding carboxylic acids is 3. The van der Waals surface area contributed by atoms with Crippen LogP contribution >= 0.6 is 0 Å². The van der Waals surface area contributed by atoms with Crippen LogP contribution in [0, 0.1) is 6.92 Å². The van der Waals surface area contributed by atoms with Crippen molar-refractivity contribution >= 4 is 23.6 Å². The molecule has 1 aromatic heterocycles. The van der Waals surface area contributed by atoms with E-state index in [4.69, 9.17) is 9.47 Å². The van der Waals surface area contributed by atoms with Crippen LogP contribution in [0.2, 0.25) is 0 Å². The second kappa shape index (κ2) is 10.5. The van der Waals surface area contributed by atoms with Gasteiger partial charge < -0.3 is 24.6 Å². The number of aryl methyl sites for hydroxylation is 1. The van der Waals surface area contributed by atoms with Gasteiger partial charge in [0, 0.05) is 31.4 Å². The molecule has 3 rings (SSSR count). The number of amides is 3. The summed E-state index contributed by atoms with van der Waals surface area (Å²) in [5, 5.41) is 2.87. The second-order valence-electron chi connectivity index (χ2n) is 8.48. The molecule has 2 heterocycles. The first-order valence-electron chi connectivity index (χ1n) is 11.1. The Labute approximate surface area is 199 Å². The Morgan fingerprint density at radius 3 is 2.32 bits per heavy atom. The van der Waals surface area contributed by atoms with Gasteiger partial charge in [-0.05, 0) is 44.0 Å². The molecule has 0 radical (unpaired) electrons. The molecule has 1 aliphatic heterocycles. The van der Waals surface area contributed by atoms with Crippen molar-refractivity contribution in [2.45, 2.75) is 39.7 Å². The molecular weight excluding hydrogens is 438 g/mol. The zero-order valence-electron chi connectivity index (χ0n) is 20.4. The average Bonchev–Trinajstić information content (AvgIpc) is 2.82. The number of urea groups is 1. The van der Waals surface area contributed by atoms with Crippen LogP contribution in [-0.2, 0) is 4.74 Å². The van der Waals surface area contributed by atoms with Crippen molar-refractivity contribution in [1.82, 2.24) is 19.8 Å². The maximum Gasteiger partial charge on any atom is 0.342 e. The standard InChI is InChI=1S/C24H31N5O5/c1-14(2)20-19(23(31)34-6)21(26-16(4)25-20)22(30)28-11-12-29(15(3)13-28)24(32)27-17-7-9-18(33-5)10-8-17/h7-10,14-15H,11-13H2,1-6H3,(H,27,32). The Morgan fingerprint density at radius 1 is 1.09 bits per heavy atom. The zero-order chi connectivity index (χ0) is 25.0. The molecule has 1 fully saturated rings. The molecule has 182 valence electrons. The minimum atomic E-state index is -0.641. The van der Waals surface area contributed by atoms with Crippen LogP contribution in [0.25, 0.3) is 0 Å². The van der Waals surface area contributed by atoms with E-state index in [1.54, 1.807) is 48.1 Å². The summed E-state index contributed by atoms with van der Waals surface area (Å²) in [4.78, 5) is 50.8. The monoisotopic (exact) mass is 469 g/mol. The summed E-state index contributed by atoms with van der Waals surface area (Å²) in [5.74, 6) is -0.0112. The summed E-state index contributed by atoms with van der Waals surface area (Å²) >= 11 is 0. The van der Waals surface area contributed by atoms with Gasteiger partial charge in [-0.25, -0.2) is 19.6 Å². The number of nitrogens with one attached hydrogen (secondary N) is 1. The minimum Gasteiger partial charge on any atom is -0.497 e. The van der Waals surface area contributed by atoms with E-state index in [0.29, 0.717) is 42.6 Å². The molecule has 1 atom stereocenters. The lowest BCUT2D eigenvalue weighted by atomic mass is 10.0. The number of esters is 1. The smallest absolute Gasteiger partial charge is 0.342 e. The van der Waals surface area contributed by atoms with Crippen LogP contribution < -0.4 is 10.1 Å². The Morgan fingerprint density at radius 2 is 1.76 bits per heavy atom. The molecule has 1 unspecified atom stereocenters. The van der Waals surface area contributed by atoms with Crippen molar-refractivity contribution in [3.8, 4) is 5.75 Å². The first-order chi connectivity index (χ1) is 16.2. The number of piperazine rings is 1. The van der Waals surface area contributed by atoms with Crippen LogP contribution in [0.4, 0.5) is 10.5 Å². The fraction of sp³-hybridized carbons (Fsp3) is 0.458. The number of benzene rings is 1. The fourth-order valence-corrected chi connectivity index (χ4v) is 3.93. The predicted octanol–water partition coefficient (Wildman–Crippen LogP) is 3.08. The Balaban J connectivity index is 1.76. The van der Waals surface area contributed by atoms with Crippen molar-refractivity contribution in [3.63, 3.8) is 0 Å². The van der Waals surface area contributed by atoms with Crippen molar-refractivity contribution in [2.24, 2.45) is 0 Å². The first kappa shape index (κ1) is 24.9. The number of hydrogen-bond donors (Lipinski definition) is 1. The van der Waals surface area contributed by atoms with Crippen molar-refractivity contribution in [3.05, 3.63) is 47.0 Å². The number of carbonyl (C=O) groups is 3. The van der Waals surface area contributed by atoms with E-state index in [1.807, 2.05) is 20.8 Å². The molecule has 1 aromatic carbocycles. The van der Waals surface area contributed by atoms with E-state index in [-0.39, 0.29) is 35.2 Å². The summed E-state index contributed by atoms with van der Waals surface area (Å²) < 4.78 is 10.1. The lowest BCUT2D eigenvalue weighted by Crippen LogP contribution is -2.56. The van der Waals surface area contributed by atoms with Gasteiger partial charge in [-0.2, -0.15) is 0 Å². The van der Waals surface area contributed by atoms with Gasteiger partial charge in [0.25, 0.3) is 5.91 Å². The average molecular weight is 470 g/mol. The van der Waals surface area contributed by atoms with Gasteiger partial charge >= 0.3 is 12.0 Å². The third kappa shape index (κ3) is 5.27. The molecule has 0 saturated carbocycles. The Bertz CT molecular complexity index is 1070. The third-order valence-corrected chi connectivity index (χ3v) is 5.70. The molecule has 10 nitrogen and oxygen atoms in total. The molecule has 1 saturated heterocycles. The van der Waals surface area contributed by atoms with Gasteiger partial charge in [0.15, 0.2) is 0 Å². The van der Waals surface area contributed by atoms with E-state index in [2.05, 4.69) is 15.3 Å². The highest BCUT2D eigenvalue weighted by molar-refractivity contribution is 6.04. The summed E-state index contributed by atoms with van der Waals surface area (Å²) in [5.41, 5.74) is 1.26. The lowest BCUT2D eigenvalue weighted by Gasteiger charge is -2.39. The Hall–Kier alpha value is -3.69. The quantitative estimate of drug-likeness (QED) is 0.670.